The summed E-state index contributed by atoms with van der Waals surface area (Å²) in [6, 6.07) is 6.69. The molecule has 0 heterocycles. The van der Waals surface area contributed by atoms with Crippen molar-refractivity contribution in [1.82, 2.24) is 5.32 Å². The SMILES string of the molecule is COc1cccc(C(=O)O[C@H](C)C(=O)NCC2CCCCC2)c1. The van der Waals surface area contributed by atoms with Gasteiger partial charge in [0.25, 0.3) is 5.91 Å². The van der Waals surface area contributed by atoms with Gasteiger partial charge in [0.05, 0.1) is 12.7 Å². The largest absolute Gasteiger partial charge is 0.497 e. The van der Waals surface area contributed by atoms with Gasteiger partial charge < -0.3 is 14.8 Å². The monoisotopic (exact) mass is 319 g/mol. The van der Waals surface area contributed by atoms with Crippen LogP contribution in [0.15, 0.2) is 24.3 Å². The molecule has 1 aliphatic rings. The van der Waals surface area contributed by atoms with Gasteiger partial charge in [0.1, 0.15) is 5.75 Å². The van der Waals surface area contributed by atoms with Crippen molar-refractivity contribution in [2.45, 2.75) is 45.1 Å². The molecule has 1 aromatic carbocycles. The summed E-state index contributed by atoms with van der Waals surface area (Å²) < 4.78 is 10.3. The Hall–Kier alpha value is -2.04. The van der Waals surface area contributed by atoms with Gasteiger partial charge in [-0.15, -0.1) is 0 Å². The van der Waals surface area contributed by atoms with Crippen LogP contribution in [0.2, 0.25) is 0 Å². The fourth-order valence-electron chi connectivity index (χ4n) is 2.81. The Bertz CT molecular complexity index is 538. The minimum Gasteiger partial charge on any atom is -0.497 e. The van der Waals surface area contributed by atoms with Crippen LogP contribution in [0.3, 0.4) is 0 Å². The average molecular weight is 319 g/mol. The van der Waals surface area contributed by atoms with E-state index in [1.165, 1.54) is 26.4 Å². The molecule has 0 radical (unpaired) electrons. The molecule has 5 nitrogen and oxygen atoms in total. The standard InChI is InChI=1S/C18H25NO4/c1-13(17(20)19-12-14-7-4-3-5-8-14)23-18(21)15-9-6-10-16(11-15)22-2/h6,9-11,13-14H,3-5,7-8,12H2,1-2H3,(H,19,20)/t13-/m1/s1. The zero-order valence-electron chi connectivity index (χ0n) is 13.8. The Morgan fingerprint density at radius 2 is 2.00 bits per heavy atom. The lowest BCUT2D eigenvalue weighted by molar-refractivity contribution is -0.129. The quantitative estimate of drug-likeness (QED) is 0.819. The molecule has 0 aromatic heterocycles. The average Bonchev–Trinajstić information content (AvgIpc) is 2.60. The molecular formula is C18H25NO4. The summed E-state index contributed by atoms with van der Waals surface area (Å²) in [6.45, 7) is 2.26. The molecule has 23 heavy (non-hydrogen) atoms. The maximum absolute atomic E-state index is 12.1. The number of nitrogens with one attached hydrogen (secondary N) is 1. The predicted octanol–water partition coefficient (Wildman–Crippen LogP) is 2.94. The molecular weight excluding hydrogens is 294 g/mol. The van der Waals surface area contributed by atoms with E-state index in [9.17, 15) is 9.59 Å². The highest BCUT2D eigenvalue weighted by Crippen LogP contribution is 2.22. The molecule has 126 valence electrons. The van der Waals surface area contributed by atoms with E-state index in [0.717, 1.165) is 12.8 Å². The van der Waals surface area contributed by atoms with E-state index in [1.54, 1.807) is 31.2 Å². The van der Waals surface area contributed by atoms with E-state index in [-0.39, 0.29) is 5.91 Å². The first-order valence-corrected chi connectivity index (χ1v) is 8.23. The highest BCUT2D eigenvalue weighted by atomic mass is 16.5. The molecule has 0 saturated heterocycles. The van der Waals surface area contributed by atoms with Crippen LogP contribution in [0.25, 0.3) is 0 Å². The molecule has 1 N–H and O–H groups in total. The van der Waals surface area contributed by atoms with Crippen LogP contribution in [0.5, 0.6) is 5.75 Å². The van der Waals surface area contributed by atoms with E-state index in [1.807, 2.05) is 0 Å². The van der Waals surface area contributed by atoms with E-state index in [2.05, 4.69) is 5.32 Å². The Morgan fingerprint density at radius 3 is 2.70 bits per heavy atom. The van der Waals surface area contributed by atoms with Crippen LogP contribution in [0, 0.1) is 5.92 Å². The second-order valence-corrected chi connectivity index (χ2v) is 6.03. The zero-order valence-corrected chi connectivity index (χ0v) is 13.8. The highest BCUT2D eigenvalue weighted by molar-refractivity contribution is 5.92. The third-order valence-electron chi connectivity index (χ3n) is 4.25. The number of benzene rings is 1. The number of carbonyl (C=O) groups is 2. The Morgan fingerprint density at radius 1 is 1.26 bits per heavy atom. The summed E-state index contributed by atoms with van der Waals surface area (Å²) in [5.41, 5.74) is 0.372. The summed E-state index contributed by atoms with van der Waals surface area (Å²) in [5.74, 6) is 0.360. The lowest BCUT2D eigenvalue weighted by Crippen LogP contribution is -2.38. The molecule has 1 amide bonds. The van der Waals surface area contributed by atoms with Crippen LogP contribution < -0.4 is 10.1 Å². The zero-order chi connectivity index (χ0) is 16.7. The van der Waals surface area contributed by atoms with Gasteiger partial charge in [-0.2, -0.15) is 0 Å². The lowest BCUT2D eigenvalue weighted by Gasteiger charge is -2.22. The smallest absolute Gasteiger partial charge is 0.339 e. The van der Waals surface area contributed by atoms with Crippen molar-refractivity contribution >= 4 is 11.9 Å². The summed E-state index contributed by atoms with van der Waals surface area (Å²) in [6.07, 6.45) is 5.29. The predicted molar refractivity (Wildman–Crippen MR) is 87.5 cm³/mol. The minimum atomic E-state index is -0.808. The number of hydrogen-bond donors (Lipinski definition) is 1. The first-order valence-electron chi connectivity index (χ1n) is 8.23. The number of amides is 1. The van der Waals surface area contributed by atoms with Gasteiger partial charge in [-0.1, -0.05) is 25.3 Å². The lowest BCUT2D eigenvalue weighted by atomic mass is 9.89. The van der Waals surface area contributed by atoms with Crippen molar-refractivity contribution < 1.29 is 19.1 Å². The fraction of sp³-hybridized carbons (Fsp3) is 0.556. The summed E-state index contributed by atoms with van der Waals surface area (Å²) in [4.78, 5) is 24.1. The second kappa shape index (κ2) is 8.56. The first-order chi connectivity index (χ1) is 11.1. The van der Waals surface area contributed by atoms with Gasteiger partial charge in [-0.3, -0.25) is 4.79 Å². The molecule has 1 aliphatic carbocycles. The van der Waals surface area contributed by atoms with Crippen LogP contribution >= 0.6 is 0 Å². The van der Waals surface area contributed by atoms with Crippen LogP contribution in [0.1, 0.15) is 49.4 Å². The minimum absolute atomic E-state index is 0.244. The van der Waals surface area contributed by atoms with Crippen LogP contribution in [0.4, 0.5) is 0 Å². The topological polar surface area (TPSA) is 64.6 Å². The molecule has 1 fully saturated rings. The summed E-state index contributed by atoms with van der Waals surface area (Å²) in [7, 11) is 1.53. The number of carbonyl (C=O) groups excluding carboxylic acids is 2. The van der Waals surface area contributed by atoms with Gasteiger partial charge in [0.15, 0.2) is 6.10 Å². The number of ether oxygens (including phenoxy) is 2. The summed E-state index contributed by atoms with van der Waals surface area (Å²) in [5, 5.41) is 2.89. The molecule has 0 aliphatic heterocycles. The van der Waals surface area contributed by atoms with Crippen molar-refractivity contribution in [2.75, 3.05) is 13.7 Å². The van der Waals surface area contributed by atoms with Gasteiger partial charge in [0, 0.05) is 6.54 Å². The summed E-state index contributed by atoms with van der Waals surface area (Å²) >= 11 is 0. The van der Waals surface area contributed by atoms with Crippen molar-refractivity contribution in [3.63, 3.8) is 0 Å². The van der Waals surface area contributed by atoms with Gasteiger partial charge in [-0.25, -0.2) is 4.79 Å². The first kappa shape index (κ1) is 17.3. The maximum atomic E-state index is 12.1. The normalized spacial score (nSPS) is 16.4. The van der Waals surface area contributed by atoms with E-state index >= 15 is 0 Å². The maximum Gasteiger partial charge on any atom is 0.339 e. The highest BCUT2D eigenvalue weighted by Gasteiger charge is 2.21. The molecule has 0 spiro atoms. The number of hydrogen-bond acceptors (Lipinski definition) is 4. The van der Waals surface area contributed by atoms with E-state index < -0.39 is 12.1 Å². The van der Waals surface area contributed by atoms with Gasteiger partial charge >= 0.3 is 5.97 Å². The van der Waals surface area contributed by atoms with Crippen LogP contribution in [-0.2, 0) is 9.53 Å². The molecule has 0 bridgehead atoms. The van der Waals surface area contributed by atoms with Gasteiger partial charge in [0.2, 0.25) is 0 Å². The third kappa shape index (κ3) is 5.27. The third-order valence-corrected chi connectivity index (χ3v) is 4.25. The van der Waals surface area contributed by atoms with Crippen molar-refractivity contribution in [3.05, 3.63) is 29.8 Å². The van der Waals surface area contributed by atoms with Crippen LogP contribution in [-0.4, -0.2) is 31.6 Å². The molecule has 1 atom stereocenters. The number of rotatable bonds is 6. The van der Waals surface area contributed by atoms with E-state index in [0.29, 0.717) is 23.8 Å². The molecule has 2 rings (SSSR count). The molecule has 0 unspecified atom stereocenters. The van der Waals surface area contributed by atoms with Crippen molar-refractivity contribution in [2.24, 2.45) is 5.92 Å². The van der Waals surface area contributed by atoms with Crippen molar-refractivity contribution in [1.29, 1.82) is 0 Å². The Labute approximate surface area is 137 Å². The second-order valence-electron chi connectivity index (χ2n) is 6.03. The molecule has 5 heteroatoms. The fourth-order valence-corrected chi connectivity index (χ4v) is 2.81. The van der Waals surface area contributed by atoms with Gasteiger partial charge in [-0.05, 0) is 43.9 Å². The Balaban J connectivity index is 1.81. The van der Waals surface area contributed by atoms with E-state index in [4.69, 9.17) is 9.47 Å². The van der Waals surface area contributed by atoms with Crippen molar-refractivity contribution in [3.8, 4) is 5.75 Å². The number of methoxy groups -OCH3 is 1. The number of esters is 1. The molecule has 1 aromatic rings. The molecule has 1 saturated carbocycles. The Kier molecular flexibility index (Phi) is 6.44.